The molecule has 0 fully saturated rings. The predicted molar refractivity (Wildman–Crippen MR) is 110 cm³/mol. The van der Waals surface area contributed by atoms with Crippen LogP contribution >= 0.6 is 22.9 Å². The lowest BCUT2D eigenvalue weighted by Gasteiger charge is -2.10. The monoisotopic (exact) mass is 450 g/mol. The molecule has 154 valence electrons. The Morgan fingerprint density at radius 2 is 2.00 bits per heavy atom. The van der Waals surface area contributed by atoms with E-state index in [2.05, 4.69) is 15.4 Å². The molecule has 0 aliphatic carbocycles. The molecule has 5 nitrogen and oxygen atoms in total. The highest BCUT2D eigenvalue weighted by molar-refractivity contribution is 7.13. The zero-order valence-electron chi connectivity index (χ0n) is 15.5. The Bertz CT molecular complexity index is 1240. The molecule has 3 aromatic heterocycles. The molecule has 0 saturated heterocycles. The minimum Gasteiger partial charge on any atom is -0.320 e. The smallest absolute Gasteiger partial charge is 0.320 e. The van der Waals surface area contributed by atoms with Crippen LogP contribution in [0.15, 0.2) is 47.8 Å². The lowest BCUT2D eigenvalue weighted by atomic mass is 10.1. The molecular formula is C20H14ClF3N4OS. The number of halogens is 4. The predicted octanol–water partition coefficient (Wildman–Crippen LogP) is 5.94. The molecule has 4 rings (SSSR count). The van der Waals surface area contributed by atoms with Crippen molar-refractivity contribution in [2.45, 2.75) is 19.5 Å². The standard InChI is InChI=1S/C20H14ClF3N4OS/c1-2-11-6-3-4-7-12(11)26-19(29)17-16(21)18-25-13(14-8-5-9-30-14)10-15(20(22,23)24)28(18)27-17/h3-10H,2H2,1H3,(H,26,29). The summed E-state index contributed by atoms with van der Waals surface area (Å²) in [7, 11) is 0. The Kier molecular flexibility index (Phi) is 5.25. The van der Waals surface area contributed by atoms with E-state index < -0.39 is 17.8 Å². The summed E-state index contributed by atoms with van der Waals surface area (Å²) in [6.45, 7) is 1.93. The normalized spacial score (nSPS) is 11.8. The molecule has 1 aromatic carbocycles. The second-order valence-corrected chi connectivity index (χ2v) is 7.69. The fourth-order valence-electron chi connectivity index (χ4n) is 3.02. The molecule has 1 amide bonds. The van der Waals surface area contributed by atoms with Crippen molar-refractivity contribution in [1.82, 2.24) is 14.6 Å². The lowest BCUT2D eigenvalue weighted by Crippen LogP contribution is -2.16. The molecule has 0 unspecified atom stereocenters. The average Bonchev–Trinajstić information content (AvgIpc) is 3.35. The van der Waals surface area contributed by atoms with Gasteiger partial charge in [-0.15, -0.1) is 11.3 Å². The van der Waals surface area contributed by atoms with Gasteiger partial charge in [0.05, 0.1) is 10.6 Å². The van der Waals surface area contributed by atoms with Crippen molar-refractivity contribution in [2.24, 2.45) is 0 Å². The first kappa shape index (κ1) is 20.4. The molecule has 1 N–H and O–H groups in total. The highest BCUT2D eigenvalue weighted by Crippen LogP contribution is 2.35. The van der Waals surface area contributed by atoms with Gasteiger partial charge in [0.1, 0.15) is 5.02 Å². The van der Waals surface area contributed by atoms with Crippen molar-refractivity contribution in [2.75, 3.05) is 5.32 Å². The van der Waals surface area contributed by atoms with Crippen LogP contribution in [-0.2, 0) is 12.6 Å². The fourth-order valence-corrected chi connectivity index (χ4v) is 3.95. The van der Waals surface area contributed by atoms with Gasteiger partial charge in [0.25, 0.3) is 5.91 Å². The summed E-state index contributed by atoms with van der Waals surface area (Å²) in [4.78, 5) is 17.5. The summed E-state index contributed by atoms with van der Waals surface area (Å²) >= 11 is 7.52. The number of anilines is 1. The second kappa shape index (κ2) is 7.73. The maximum atomic E-state index is 13.7. The van der Waals surface area contributed by atoms with Gasteiger partial charge >= 0.3 is 6.18 Å². The number of rotatable bonds is 4. The number of amides is 1. The number of alkyl halides is 3. The quantitative estimate of drug-likeness (QED) is 0.418. The van der Waals surface area contributed by atoms with Gasteiger partial charge in [-0.1, -0.05) is 42.8 Å². The van der Waals surface area contributed by atoms with Gasteiger partial charge in [-0.05, 0) is 35.6 Å². The molecule has 0 bridgehead atoms. The van der Waals surface area contributed by atoms with Gasteiger partial charge in [0.2, 0.25) is 0 Å². The molecule has 3 heterocycles. The van der Waals surface area contributed by atoms with E-state index >= 15 is 0 Å². The van der Waals surface area contributed by atoms with E-state index in [1.807, 2.05) is 19.1 Å². The van der Waals surface area contributed by atoms with Crippen LogP contribution in [0.3, 0.4) is 0 Å². The Morgan fingerprint density at radius 3 is 2.67 bits per heavy atom. The minimum atomic E-state index is -4.72. The number of benzene rings is 1. The average molecular weight is 451 g/mol. The van der Waals surface area contributed by atoms with Gasteiger partial charge in [-0.2, -0.15) is 18.3 Å². The van der Waals surface area contributed by atoms with Crippen LogP contribution < -0.4 is 5.32 Å². The van der Waals surface area contributed by atoms with E-state index in [-0.39, 0.29) is 22.1 Å². The van der Waals surface area contributed by atoms with E-state index in [0.717, 1.165) is 11.6 Å². The topological polar surface area (TPSA) is 59.3 Å². The Labute approximate surface area is 178 Å². The first-order valence-electron chi connectivity index (χ1n) is 8.89. The second-order valence-electron chi connectivity index (χ2n) is 6.36. The SMILES string of the molecule is CCc1ccccc1NC(=O)c1nn2c(C(F)(F)F)cc(-c3cccs3)nc2c1Cl. The number of aryl methyl sites for hydroxylation is 1. The zero-order valence-corrected chi connectivity index (χ0v) is 17.1. The van der Waals surface area contributed by atoms with Crippen LogP contribution in [0.2, 0.25) is 5.02 Å². The van der Waals surface area contributed by atoms with Crippen molar-refractivity contribution in [3.05, 3.63) is 69.8 Å². The Morgan fingerprint density at radius 1 is 1.23 bits per heavy atom. The number of carbonyl (C=O) groups excluding carboxylic acids is 1. The van der Waals surface area contributed by atoms with E-state index in [4.69, 9.17) is 11.6 Å². The number of thiophene rings is 1. The number of nitrogens with one attached hydrogen (secondary N) is 1. The largest absolute Gasteiger partial charge is 0.433 e. The van der Waals surface area contributed by atoms with Crippen LogP contribution in [0.25, 0.3) is 16.2 Å². The molecule has 30 heavy (non-hydrogen) atoms. The summed E-state index contributed by atoms with van der Waals surface area (Å²) in [6.07, 6.45) is -4.05. The van der Waals surface area contributed by atoms with Crippen molar-refractivity contribution in [1.29, 1.82) is 0 Å². The van der Waals surface area contributed by atoms with Gasteiger partial charge < -0.3 is 5.32 Å². The number of hydrogen-bond donors (Lipinski definition) is 1. The lowest BCUT2D eigenvalue weighted by molar-refractivity contribution is -0.142. The summed E-state index contributed by atoms with van der Waals surface area (Å²) < 4.78 is 41.7. The summed E-state index contributed by atoms with van der Waals surface area (Å²) in [5.74, 6) is -0.711. The maximum absolute atomic E-state index is 13.7. The molecule has 10 heteroatoms. The number of hydrogen-bond acceptors (Lipinski definition) is 4. The first-order valence-corrected chi connectivity index (χ1v) is 10.1. The van der Waals surface area contributed by atoms with Crippen LogP contribution in [-0.4, -0.2) is 20.5 Å². The third-order valence-corrected chi connectivity index (χ3v) is 5.70. The first-order chi connectivity index (χ1) is 14.3. The Balaban J connectivity index is 1.84. The van der Waals surface area contributed by atoms with Crippen molar-refractivity contribution in [3.8, 4) is 10.6 Å². The number of nitrogens with zero attached hydrogens (tertiary/aromatic N) is 3. The molecule has 0 radical (unpaired) electrons. The van der Waals surface area contributed by atoms with Crippen molar-refractivity contribution in [3.63, 3.8) is 0 Å². The molecular weight excluding hydrogens is 437 g/mol. The molecule has 4 aromatic rings. The molecule has 0 aliphatic rings. The van der Waals surface area contributed by atoms with Crippen LogP contribution in [0.4, 0.5) is 18.9 Å². The van der Waals surface area contributed by atoms with Gasteiger partial charge in [-0.25, -0.2) is 9.50 Å². The minimum absolute atomic E-state index is 0.106. The van der Waals surface area contributed by atoms with Gasteiger partial charge in [0, 0.05) is 5.69 Å². The van der Waals surface area contributed by atoms with E-state index in [9.17, 15) is 18.0 Å². The van der Waals surface area contributed by atoms with E-state index in [1.54, 1.807) is 29.6 Å². The number of fused-ring (bicyclic) bond motifs is 1. The summed E-state index contributed by atoms with van der Waals surface area (Å²) in [5, 5.41) is 8.01. The van der Waals surface area contributed by atoms with E-state index in [1.165, 1.54) is 11.3 Å². The van der Waals surface area contributed by atoms with Crippen LogP contribution in [0.5, 0.6) is 0 Å². The van der Waals surface area contributed by atoms with Crippen LogP contribution in [0, 0.1) is 0 Å². The molecule has 0 aliphatic heterocycles. The molecule has 0 saturated carbocycles. The highest BCUT2D eigenvalue weighted by atomic mass is 35.5. The van der Waals surface area contributed by atoms with Crippen molar-refractivity contribution < 1.29 is 18.0 Å². The summed E-state index contributed by atoms with van der Waals surface area (Å²) in [5.41, 5.74) is -0.102. The highest BCUT2D eigenvalue weighted by Gasteiger charge is 2.36. The third-order valence-electron chi connectivity index (χ3n) is 4.46. The molecule has 0 atom stereocenters. The van der Waals surface area contributed by atoms with Crippen LogP contribution in [0.1, 0.15) is 28.7 Å². The van der Waals surface area contributed by atoms with Gasteiger partial charge in [0.15, 0.2) is 17.0 Å². The van der Waals surface area contributed by atoms with Gasteiger partial charge in [-0.3, -0.25) is 4.79 Å². The van der Waals surface area contributed by atoms with Crippen molar-refractivity contribution >= 4 is 40.2 Å². The van der Waals surface area contributed by atoms with E-state index in [0.29, 0.717) is 21.5 Å². The fraction of sp³-hybridized carbons (Fsp3) is 0.150. The number of para-hydroxylation sites is 1. The summed E-state index contributed by atoms with van der Waals surface area (Å²) in [6, 6.07) is 11.4. The number of aromatic nitrogens is 3. The number of carbonyl (C=O) groups is 1. The maximum Gasteiger partial charge on any atom is 0.433 e. The zero-order chi connectivity index (χ0) is 21.5. The Hall–Kier alpha value is -2.91. The third kappa shape index (κ3) is 3.66. The molecule has 0 spiro atoms.